The van der Waals surface area contributed by atoms with E-state index in [0.717, 1.165) is 0 Å². The minimum absolute atomic E-state index is 0.0471. The van der Waals surface area contributed by atoms with Gasteiger partial charge in [-0.15, -0.1) is 10.2 Å². The maximum atomic E-state index is 11.2. The Balaban J connectivity index is 1.59. The molecule has 0 amide bonds. The molecule has 0 aliphatic heterocycles. The fraction of sp³-hybridized carbons (Fsp3) is 0.0909. The smallest absolute Gasteiger partial charge is 0.276 e. The van der Waals surface area contributed by atoms with Gasteiger partial charge in [0, 0.05) is 12.1 Å². The van der Waals surface area contributed by atoms with Crippen molar-refractivity contribution in [3.63, 3.8) is 0 Å². The molecule has 10 nitrogen and oxygen atoms in total. The normalized spacial score (nSPS) is 10.6. The summed E-state index contributed by atoms with van der Waals surface area (Å²) in [5, 5.41) is 31.7. The second-order valence-corrected chi connectivity index (χ2v) is 6.70. The maximum absolute atomic E-state index is 11.2. The molecule has 0 fully saturated rings. The Bertz CT molecular complexity index is 1210. The van der Waals surface area contributed by atoms with E-state index in [2.05, 4.69) is 10.2 Å². The number of nitro groups is 2. The van der Waals surface area contributed by atoms with Gasteiger partial charge >= 0.3 is 0 Å². The van der Waals surface area contributed by atoms with Crippen molar-refractivity contribution < 1.29 is 19.3 Å². The number of para-hydroxylation sites is 2. The van der Waals surface area contributed by atoms with E-state index in [9.17, 15) is 20.2 Å². The average molecular weight is 432 g/mol. The van der Waals surface area contributed by atoms with Gasteiger partial charge in [0.05, 0.1) is 31.7 Å². The molecule has 0 atom stereocenters. The van der Waals surface area contributed by atoms with Gasteiger partial charge in [-0.25, -0.2) is 0 Å². The molecule has 0 spiro atoms. The monoisotopic (exact) mass is 432 g/mol. The van der Waals surface area contributed by atoms with Crippen molar-refractivity contribution in [2.24, 2.45) is 0 Å². The van der Waals surface area contributed by atoms with Gasteiger partial charge in [-0.3, -0.25) is 20.2 Å². The summed E-state index contributed by atoms with van der Waals surface area (Å²) >= 11 is 0. The van der Waals surface area contributed by atoms with Crippen LogP contribution in [-0.2, 0) is 13.2 Å². The minimum Gasteiger partial charge on any atom is -0.471 e. The van der Waals surface area contributed by atoms with Crippen LogP contribution >= 0.6 is 0 Å². The van der Waals surface area contributed by atoms with Crippen LogP contribution in [-0.4, -0.2) is 20.0 Å². The van der Waals surface area contributed by atoms with Crippen LogP contribution in [0.15, 0.2) is 72.8 Å². The Morgan fingerprint density at radius 3 is 1.41 bits per heavy atom. The Morgan fingerprint density at radius 1 is 0.625 bits per heavy atom. The van der Waals surface area contributed by atoms with Gasteiger partial charge < -0.3 is 9.47 Å². The summed E-state index contributed by atoms with van der Waals surface area (Å²) in [7, 11) is 0. The Labute approximate surface area is 181 Å². The third-order valence-corrected chi connectivity index (χ3v) is 4.72. The van der Waals surface area contributed by atoms with Crippen LogP contribution in [0.25, 0.3) is 10.8 Å². The molecule has 4 rings (SSSR count). The van der Waals surface area contributed by atoms with Crippen molar-refractivity contribution >= 4 is 22.1 Å². The van der Waals surface area contributed by atoms with Crippen LogP contribution in [0.2, 0.25) is 0 Å². The zero-order chi connectivity index (χ0) is 22.5. The Hall–Kier alpha value is -4.60. The minimum atomic E-state index is -0.470. The highest BCUT2D eigenvalue weighted by molar-refractivity contribution is 5.90. The number of fused-ring (bicyclic) bond motifs is 1. The number of hydrogen-bond donors (Lipinski definition) is 0. The molecular weight excluding hydrogens is 416 g/mol. The molecule has 0 unspecified atom stereocenters. The van der Waals surface area contributed by atoms with Gasteiger partial charge in [0.1, 0.15) is 13.2 Å². The average Bonchev–Trinajstić information content (AvgIpc) is 2.82. The van der Waals surface area contributed by atoms with E-state index in [-0.39, 0.29) is 36.3 Å². The van der Waals surface area contributed by atoms with Crippen LogP contribution < -0.4 is 9.47 Å². The lowest BCUT2D eigenvalue weighted by Gasteiger charge is -2.11. The van der Waals surface area contributed by atoms with Gasteiger partial charge in [-0.2, -0.15) is 0 Å². The van der Waals surface area contributed by atoms with E-state index >= 15 is 0 Å². The third kappa shape index (κ3) is 4.29. The van der Waals surface area contributed by atoms with E-state index in [0.29, 0.717) is 21.9 Å². The van der Waals surface area contributed by atoms with Gasteiger partial charge in [0.15, 0.2) is 0 Å². The predicted octanol–water partition coefficient (Wildman–Crippen LogP) is 4.60. The number of aromatic nitrogens is 2. The number of hydrogen-bond acceptors (Lipinski definition) is 8. The topological polar surface area (TPSA) is 131 Å². The summed E-state index contributed by atoms with van der Waals surface area (Å²) < 4.78 is 11.5. The van der Waals surface area contributed by atoms with E-state index < -0.39 is 9.85 Å². The summed E-state index contributed by atoms with van der Waals surface area (Å²) in [6.07, 6.45) is 0. The van der Waals surface area contributed by atoms with E-state index in [1.165, 1.54) is 12.1 Å². The van der Waals surface area contributed by atoms with E-state index in [1.807, 2.05) is 0 Å². The highest BCUT2D eigenvalue weighted by atomic mass is 16.6. The van der Waals surface area contributed by atoms with Crippen molar-refractivity contribution in [1.29, 1.82) is 0 Å². The lowest BCUT2D eigenvalue weighted by molar-refractivity contribution is -0.386. The quantitative estimate of drug-likeness (QED) is 0.291. The van der Waals surface area contributed by atoms with Crippen molar-refractivity contribution in [1.82, 2.24) is 10.2 Å². The largest absolute Gasteiger partial charge is 0.471 e. The number of ether oxygens (including phenoxy) is 2. The molecule has 0 aliphatic rings. The van der Waals surface area contributed by atoms with Crippen LogP contribution in [0.4, 0.5) is 11.4 Å². The summed E-state index contributed by atoms with van der Waals surface area (Å²) in [4.78, 5) is 21.5. The summed E-state index contributed by atoms with van der Waals surface area (Å²) in [6, 6.07) is 19.7. The van der Waals surface area contributed by atoms with Crippen LogP contribution in [0.5, 0.6) is 11.8 Å². The van der Waals surface area contributed by atoms with E-state index in [4.69, 9.17) is 9.47 Å². The van der Waals surface area contributed by atoms with Gasteiger partial charge in [-0.1, -0.05) is 36.4 Å². The highest BCUT2D eigenvalue weighted by Crippen LogP contribution is 2.31. The zero-order valence-corrected chi connectivity index (χ0v) is 16.6. The molecule has 0 bridgehead atoms. The second-order valence-electron chi connectivity index (χ2n) is 6.70. The first-order valence-electron chi connectivity index (χ1n) is 9.50. The fourth-order valence-electron chi connectivity index (χ4n) is 3.18. The Morgan fingerprint density at radius 2 is 1.00 bits per heavy atom. The van der Waals surface area contributed by atoms with Gasteiger partial charge in [0.25, 0.3) is 11.4 Å². The molecule has 0 saturated carbocycles. The third-order valence-electron chi connectivity index (χ3n) is 4.72. The van der Waals surface area contributed by atoms with Crippen LogP contribution in [0.1, 0.15) is 11.1 Å². The number of nitro benzene ring substituents is 2. The summed E-state index contributed by atoms with van der Waals surface area (Å²) in [5.41, 5.74) is 0.712. The molecular formula is C22H16N4O6. The lowest BCUT2D eigenvalue weighted by atomic mass is 10.2. The molecule has 0 aliphatic carbocycles. The standard InChI is InChI=1S/C22H16N4O6/c27-25(28)19-11-5-1-7-15(19)13-31-21-17-9-3-4-10-18(17)22(24-23-21)32-14-16-8-2-6-12-20(16)26(29)30/h1-12H,13-14H2. The van der Waals surface area contributed by atoms with Gasteiger partial charge in [-0.05, 0) is 24.3 Å². The number of benzene rings is 3. The highest BCUT2D eigenvalue weighted by Gasteiger charge is 2.17. The maximum Gasteiger partial charge on any atom is 0.276 e. The SMILES string of the molecule is O=[N+]([O-])c1ccccc1COc1nnc(OCc2ccccc2[N+](=O)[O-])c2ccccc12. The molecule has 160 valence electrons. The second kappa shape index (κ2) is 9.04. The van der Waals surface area contributed by atoms with Crippen molar-refractivity contribution in [2.75, 3.05) is 0 Å². The first kappa shape index (κ1) is 20.7. The van der Waals surface area contributed by atoms with Crippen molar-refractivity contribution in [3.05, 3.63) is 104 Å². The molecule has 0 N–H and O–H groups in total. The molecule has 0 radical (unpaired) electrons. The molecule has 3 aromatic carbocycles. The number of rotatable bonds is 8. The van der Waals surface area contributed by atoms with Crippen LogP contribution in [0, 0.1) is 20.2 Å². The molecule has 32 heavy (non-hydrogen) atoms. The van der Waals surface area contributed by atoms with Crippen LogP contribution in [0.3, 0.4) is 0 Å². The molecule has 4 aromatic rings. The molecule has 10 heteroatoms. The molecule has 1 aromatic heterocycles. The first-order chi connectivity index (χ1) is 15.5. The Kier molecular flexibility index (Phi) is 5.84. The number of nitrogens with zero attached hydrogens (tertiary/aromatic N) is 4. The lowest BCUT2D eigenvalue weighted by Crippen LogP contribution is -2.05. The zero-order valence-electron chi connectivity index (χ0n) is 16.6. The first-order valence-corrected chi connectivity index (χ1v) is 9.50. The molecule has 0 saturated heterocycles. The summed E-state index contributed by atoms with van der Waals surface area (Å²) in [5.74, 6) is 0.383. The van der Waals surface area contributed by atoms with Crippen molar-refractivity contribution in [3.8, 4) is 11.8 Å². The van der Waals surface area contributed by atoms with E-state index in [1.54, 1.807) is 60.7 Å². The summed E-state index contributed by atoms with van der Waals surface area (Å²) in [6.45, 7) is -0.127. The fourth-order valence-corrected chi connectivity index (χ4v) is 3.18. The predicted molar refractivity (Wildman–Crippen MR) is 114 cm³/mol. The van der Waals surface area contributed by atoms with Gasteiger partial charge in [0.2, 0.25) is 11.8 Å². The molecule has 1 heterocycles. The van der Waals surface area contributed by atoms with Crippen molar-refractivity contribution in [2.45, 2.75) is 13.2 Å².